The van der Waals surface area contributed by atoms with E-state index in [1.165, 1.54) is 11.0 Å². The lowest BCUT2D eigenvalue weighted by atomic mass is 10.1. The second-order valence-electron chi connectivity index (χ2n) is 5.42. The molecule has 1 aliphatic rings. The van der Waals surface area contributed by atoms with Crippen molar-refractivity contribution in [3.63, 3.8) is 0 Å². The van der Waals surface area contributed by atoms with E-state index in [0.717, 1.165) is 18.6 Å². The van der Waals surface area contributed by atoms with Gasteiger partial charge in [-0.3, -0.25) is 4.79 Å². The molecule has 0 bridgehead atoms. The standard InChI is InChI=1S/C15H16F3N3O/c1-20(2)14(22)13-4-3-7-21(13)11-6-5-10(9-19)12(8-11)15(16,17)18/h5-6,8,13H,3-4,7H2,1-2H3/t13-/m0/s1. The summed E-state index contributed by atoms with van der Waals surface area (Å²) in [5.74, 6) is -0.129. The van der Waals surface area contributed by atoms with Gasteiger partial charge in [0.1, 0.15) is 6.04 Å². The van der Waals surface area contributed by atoms with E-state index in [1.807, 2.05) is 0 Å². The van der Waals surface area contributed by atoms with Crippen LogP contribution in [0.3, 0.4) is 0 Å². The van der Waals surface area contributed by atoms with Gasteiger partial charge in [0.15, 0.2) is 0 Å². The molecule has 22 heavy (non-hydrogen) atoms. The van der Waals surface area contributed by atoms with Gasteiger partial charge in [0.25, 0.3) is 0 Å². The van der Waals surface area contributed by atoms with Crippen molar-refractivity contribution in [3.8, 4) is 6.07 Å². The van der Waals surface area contributed by atoms with E-state index in [0.29, 0.717) is 18.7 Å². The van der Waals surface area contributed by atoms with Crippen molar-refractivity contribution in [1.82, 2.24) is 4.90 Å². The van der Waals surface area contributed by atoms with Gasteiger partial charge >= 0.3 is 6.18 Å². The quantitative estimate of drug-likeness (QED) is 0.843. The van der Waals surface area contributed by atoms with E-state index in [2.05, 4.69) is 0 Å². The first-order valence-corrected chi connectivity index (χ1v) is 6.85. The molecule has 0 unspecified atom stereocenters. The number of likely N-dealkylation sites (N-methyl/N-ethyl adjacent to an activating group) is 1. The first-order chi connectivity index (χ1) is 10.3. The summed E-state index contributed by atoms with van der Waals surface area (Å²) in [5.41, 5.74) is -1.05. The van der Waals surface area contributed by atoms with Gasteiger partial charge in [0.05, 0.1) is 17.2 Å². The lowest BCUT2D eigenvalue weighted by Gasteiger charge is -2.28. The van der Waals surface area contributed by atoms with Gasteiger partial charge < -0.3 is 9.80 Å². The molecule has 1 amide bonds. The molecule has 1 aromatic rings. The van der Waals surface area contributed by atoms with Crippen LogP contribution in [0.2, 0.25) is 0 Å². The molecule has 2 rings (SSSR count). The van der Waals surface area contributed by atoms with Crippen LogP contribution < -0.4 is 4.90 Å². The monoisotopic (exact) mass is 311 g/mol. The zero-order chi connectivity index (χ0) is 16.5. The zero-order valence-electron chi connectivity index (χ0n) is 12.3. The second kappa shape index (κ2) is 5.87. The van der Waals surface area contributed by atoms with Crippen molar-refractivity contribution >= 4 is 11.6 Å². The summed E-state index contributed by atoms with van der Waals surface area (Å²) in [6.45, 7) is 0.521. The van der Waals surface area contributed by atoms with Crippen LogP contribution >= 0.6 is 0 Å². The van der Waals surface area contributed by atoms with Gasteiger partial charge in [0.2, 0.25) is 5.91 Å². The summed E-state index contributed by atoms with van der Waals surface area (Å²) in [7, 11) is 3.25. The van der Waals surface area contributed by atoms with Crippen molar-refractivity contribution in [3.05, 3.63) is 29.3 Å². The highest BCUT2D eigenvalue weighted by Gasteiger charge is 2.36. The molecule has 0 N–H and O–H groups in total. The van der Waals surface area contributed by atoms with Gasteiger partial charge in [-0.1, -0.05) is 0 Å². The third-order valence-corrected chi connectivity index (χ3v) is 3.74. The van der Waals surface area contributed by atoms with Crippen LogP contribution in [0.5, 0.6) is 0 Å². The minimum atomic E-state index is -4.60. The van der Waals surface area contributed by atoms with Crippen LogP contribution in [0.15, 0.2) is 18.2 Å². The number of nitriles is 1. The molecule has 1 fully saturated rings. The van der Waals surface area contributed by atoms with Crippen molar-refractivity contribution in [2.45, 2.75) is 25.1 Å². The Morgan fingerprint density at radius 3 is 2.64 bits per heavy atom. The van der Waals surface area contributed by atoms with Gasteiger partial charge in [0, 0.05) is 26.3 Å². The maximum absolute atomic E-state index is 13.0. The second-order valence-corrected chi connectivity index (χ2v) is 5.42. The number of hydrogen-bond donors (Lipinski definition) is 0. The molecule has 1 heterocycles. The Morgan fingerprint density at radius 1 is 1.41 bits per heavy atom. The molecule has 0 spiro atoms. The van der Waals surface area contributed by atoms with E-state index in [4.69, 9.17) is 5.26 Å². The Morgan fingerprint density at radius 2 is 2.09 bits per heavy atom. The molecule has 7 heteroatoms. The molecule has 0 radical (unpaired) electrons. The van der Waals surface area contributed by atoms with Gasteiger partial charge in [-0.05, 0) is 31.0 Å². The lowest BCUT2D eigenvalue weighted by molar-refractivity contribution is -0.137. The number of rotatable bonds is 2. The number of alkyl halides is 3. The maximum atomic E-state index is 13.0. The van der Waals surface area contributed by atoms with Crippen molar-refractivity contribution < 1.29 is 18.0 Å². The number of halogens is 3. The SMILES string of the molecule is CN(C)C(=O)[C@@H]1CCCN1c1ccc(C#N)c(C(F)(F)F)c1. The summed E-state index contributed by atoms with van der Waals surface area (Å²) >= 11 is 0. The minimum Gasteiger partial charge on any atom is -0.360 e. The summed E-state index contributed by atoms with van der Waals surface area (Å²) in [5, 5.41) is 8.83. The predicted octanol–water partition coefficient (Wildman–Crippen LogP) is 2.63. The van der Waals surface area contributed by atoms with Crippen molar-refractivity contribution in [2.75, 3.05) is 25.5 Å². The van der Waals surface area contributed by atoms with Crippen molar-refractivity contribution in [2.24, 2.45) is 0 Å². The number of carbonyl (C=O) groups excluding carboxylic acids is 1. The average Bonchev–Trinajstić information content (AvgIpc) is 2.93. The van der Waals surface area contributed by atoms with Gasteiger partial charge in [-0.2, -0.15) is 18.4 Å². The Kier molecular flexibility index (Phi) is 4.31. The Balaban J connectivity index is 2.41. The fourth-order valence-electron chi connectivity index (χ4n) is 2.67. The topological polar surface area (TPSA) is 47.3 Å². The summed E-state index contributed by atoms with van der Waals surface area (Å²) in [6.07, 6.45) is -3.24. The first-order valence-electron chi connectivity index (χ1n) is 6.85. The number of carbonyl (C=O) groups is 1. The molecular weight excluding hydrogens is 295 g/mol. The van der Waals surface area contributed by atoms with Crippen LogP contribution in [0.4, 0.5) is 18.9 Å². The Hall–Kier alpha value is -2.23. The average molecular weight is 311 g/mol. The Bertz CT molecular complexity index is 619. The molecule has 1 aliphatic heterocycles. The minimum absolute atomic E-state index is 0.129. The third-order valence-electron chi connectivity index (χ3n) is 3.74. The van der Waals surface area contributed by atoms with Gasteiger partial charge in [-0.15, -0.1) is 0 Å². The highest BCUT2D eigenvalue weighted by molar-refractivity contribution is 5.85. The third kappa shape index (κ3) is 3.01. The molecule has 118 valence electrons. The Labute approximate surface area is 126 Å². The molecular formula is C15H16F3N3O. The van der Waals surface area contributed by atoms with E-state index in [1.54, 1.807) is 25.1 Å². The molecule has 1 atom stereocenters. The van der Waals surface area contributed by atoms with E-state index < -0.39 is 23.3 Å². The lowest BCUT2D eigenvalue weighted by Crippen LogP contribution is -2.42. The number of benzene rings is 1. The molecule has 0 aromatic heterocycles. The first kappa shape index (κ1) is 16.1. The predicted molar refractivity (Wildman–Crippen MR) is 75.2 cm³/mol. The smallest absolute Gasteiger partial charge is 0.360 e. The number of hydrogen-bond acceptors (Lipinski definition) is 3. The number of amides is 1. The highest BCUT2D eigenvalue weighted by atomic mass is 19.4. The largest absolute Gasteiger partial charge is 0.417 e. The number of nitrogens with zero attached hydrogens (tertiary/aromatic N) is 3. The van der Waals surface area contributed by atoms with E-state index in [-0.39, 0.29) is 5.91 Å². The summed E-state index contributed by atoms with van der Waals surface area (Å²) < 4.78 is 39.1. The normalized spacial score (nSPS) is 18.2. The molecule has 4 nitrogen and oxygen atoms in total. The van der Waals surface area contributed by atoms with Crippen molar-refractivity contribution in [1.29, 1.82) is 5.26 Å². The van der Waals surface area contributed by atoms with Crippen LogP contribution in [0.25, 0.3) is 0 Å². The molecule has 1 aromatic carbocycles. The molecule has 0 saturated carbocycles. The van der Waals surface area contributed by atoms with Crippen LogP contribution in [-0.4, -0.2) is 37.5 Å². The highest BCUT2D eigenvalue weighted by Crippen LogP contribution is 2.36. The molecule has 1 saturated heterocycles. The zero-order valence-corrected chi connectivity index (χ0v) is 12.3. The van der Waals surface area contributed by atoms with Crippen LogP contribution in [0, 0.1) is 11.3 Å². The fourth-order valence-corrected chi connectivity index (χ4v) is 2.67. The number of anilines is 1. The van der Waals surface area contributed by atoms with E-state index in [9.17, 15) is 18.0 Å². The molecule has 0 aliphatic carbocycles. The fraction of sp³-hybridized carbons (Fsp3) is 0.467. The maximum Gasteiger partial charge on any atom is 0.417 e. The van der Waals surface area contributed by atoms with Crippen LogP contribution in [-0.2, 0) is 11.0 Å². The van der Waals surface area contributed by atoms with E-state index >= 15 is 0 Å². The van der Waals surface area contributed by atoms with Gasteiger partial charge in [-0.25, -0.2) is 0 Å². The summed E-state index contributed by atoms with van der Waals surface area (Å²) in [6, 6.07) is 4.69. The summed E-state index contributed by atoms with van der Waals surface area (Å²) in [4.78, 5) is 15.3. The van der Waals surface area contributed by atoms with Crippen LogP contribution in [0.1, 0.15) is 24.0 Å².